The van der Waals surface area contributed by atoms with Crippen LogP contribution in [0.15, 0.2) is 46.7 Å². The first kappa shape index (κ1) is 15.3. The molecule has 0 radical (unpaired) electrons. The summed E-state index contributed by atoms with van der Waals surface area (Å²) in [5.74, 6) is -1.06. The second-order valence-corrected chi connectivity index (χ2v) is 7.46. The fourth-order valence-corrected chi connectivity index (χ4v) is 3.97. The van der Waals surface area contributed by atoms with E-state index < -0.39 is 16.0 Å². The van der Waals surface area contributed by atoms with E-state index in [1.807, 2.05) is 6.92 Å². The van der Waals surface area contributed by atoms with Crippen LogP contribution in [0.1, 0.15) is 10.4 Å². The third kappa shape index (κ3) is 4.17. The van der Waals surface area contributed by atoms with Crippen molar-refractivity contribution in [3.05, 3.63) is 52.9 Å². The molecule has 7 heteroatoms. The molecule has 2 N–H and O–H groups in total. The van der Waals surface area contributed by atoms with Crippen LogP contribution >= 0.6 is 11.3 Å². The van der Waals surface area contributed by atoms with Crippen LogP contribution in [0, 0.1) is 6.92 Å². The van der Waals surface area contributed by atoms with Gasteiger partial charge in [0.2, 0.25) is 0 Å². The average Bonchev–Trinajstić information content (AvgIpc) is 2.84. The van der Waals surface area contributed by atoms with Crippen molar-refractivity contribution in [3.63, 3.8) is 0 Å². The number of hydrogen-bond acceptors (Lipinski definition) is 4. The lowest BCUT2D eigenvalue weighted by molar-refractivity contribution is -0.131. The number of thiophene rings is 1. The summed E-state index contributed by atoms with van der Waals surface area (Å²) in [6.07, 6.45) is 2.39. The van der Waals surface area contributed by atoms with Gasteiger partial charge in [0.25, 0.3) is 10.0 Å². The molecule has 1 aromatic heterocycles. The fraction of sp³-hybridized carbons (Fsp3) is 0.0714. The van der Waals surface area contributed by atoms with Crippen LogP contribution in [-0.2, 0) is 14.8 Å². The van der Waals surface area contributed by atoms with Crippen molar-refractivity contribution in [2.24, 2.45) is 0 Å². The van der Waals surface area contributed by atoms with E-state index in [2.05, 4.69) is 4.72 Å². The van der Waals surface area contributed by atoms with Gasteiger partial charge >= 0.3 is 5.97 Å². The molecule has 2 rings (SSSR count). The van der Waals surface area contributed by atoms with Crippen LogP contribution < -0.4 is 4.72 Å². The molecule has 0 aliphatic heterocycles. The number of anilines is 1. The van der Waals surface area contributed by atoms with Gasteiger partial charge in [0.1, 0.15) is 4.21 Å². The first-order valence-electron chi connectivity index (χ1n) is 5.97. The third-order valence-electron chi connectivity index (χ3n) is 2.54. The first-order valence-corrected chi connectivity index (χ1v) is 8.27. The van der Waals surface area contributed by atoms with Crippen molar-refractivity contribution in [2.45, 2.75) is 11.1 Å². The molecular formula is C14H13NO4S2. The Bertz CT molecular complexity index is 791. The predicted octanol–water partition coefficient (Wildman–Crippen LogP) is 2.96. The Hall–Kier alpha value is -2.12. The normalized spacial score (nSPS) is 11.7. The Kier molecular flexibility index (Phi) is 4.44. The van der Waals surface area contributed by atoms with Crippen LogP contribution in [0.4, 0.5) is 5.69 Å². The number of carboxylic acid groups (broad SMARTS) is 1. The van der Waals surface area contributed by atoms with E-state index in [1.165, 1.54) is 17.4 Å². The largest absolute Gasteiger partial charge is 0.478 e. The van der Waals surface area contributed by atoms with Crippen LogP contribution in [0.3, 0.4) is 0 Å². The molecule has 0 spiro atoms. The second kappa shape index (κ2) is 6.11. The average molecular weight is 323 g/mol. The van der Waals surface area contributed by atoms with Crippen LogP contribution in [0.25, 0.3) is 6.08 Å². The number of carboxylic acids is 1. The summed E-state index contributed by atoms with van der Waals surface area (Å²) in [6, 6.07) is 9.81. The van der Waals surface area contributed by atoms with Gasteiger partial charge in [0, 0.05) is 16.6 Å². The van der Waals surface area contributed by atoms with Gasteiger partial charge in [-0.1, -0.05) is 12.1 Å². The van der Waals surface area contributed by atoms with Crippen LogP contribution in [-0.4, -0.2) is 19.5 Å². The number of rotatable bonds is 5. The van der Waals surface area contributed by atoms with Gasteiger partial charge in [0.05, 0.1) is 0 Å². The highest BCUT2D eigenvalue weighted by Crippen LogP contribution is 2.23. The van der Waals surface area contributed by atoms with E-state index in [1.54, 1.807) is 36.4 Å². The molecule has 5 nitrogen and oxygen atoms in total. The SMILES string of the molecule is Cc1ccc(S(=O)(=O)Nc2cccc(/C=C/C(=O)O)c2)s1. The number of benzene rings is 1. The van der Waals surface area contributed by atoms with E-state index >= 15 is 0 Å². The molecular weight excluding hydrogens is 310 g/mol. The number of sulfonamides is 1. The number of hydrogen-bond donors (Lipinski definition) is 2. The lowest BCUT2D eigenvalue weighted by Gasteiger charge is -2.06. The molecule has 0 aliphatic carbocycles. The van der Waals surface area contributed by atoms with E-state index in [4.69, 9.17) is 5.11 Å². The van der Waals surface area contributed by atoms with Crippen molar-refractivity contribution < 1.29 is 18.3 Å². The van der Waals surface area contributed by atoms with Gasteiger partial charge in [-0.2, -0.15) is 0 Å². The van der Waals surface area contributed by atoms with Crippen LogP contribution in [0.2, 0.25) is 0 Å². The number of aliphatic carboxylic acids is 1. The summed E-state index contributed by atoms with van der Waals surface area (Å²) in [5, 5.41) is 8.58. The molecule has 2 aromatic rings. The first-order chi connectivity index (χ1) is 9.87. The summed E-state index contributed by atoms with van der Waals surface area (Å²) in [6.45, 7) is 1.83. The minimum Gasteiger partial charge on any atom is -0.478 e. The van der Waals surface area contributed by atoms with E-state index in [0.29, 0.717) is 11.3 Å². The standard InChI is InChI=1S/C14H13NO4S2/c1-10-5-8-14(20-10)21(18,19)15-12-4-2-3-11(9-12)6-7-13(16)17/h2-9,15H,1H3,(H,16,17)/b7-6+. The molecule has 0 saturated carbocycles. The lowest BCUT2D eigenvalue weighted by atomic mass is 10.2. The van der Waals surface area contributed by atoms with Gasteiger partial charge in [-0.15, -0.1) is 11.3 Å². The Morgan fingerprint density at radius 1 is 1.29 bits per heavy atom. The minimum absolute atomic E-state index is 0.242. The number of aryl methyl sites for hydroxylation is 1. The minimum atomic E-state index is -3.61. The smallest absolute Gasteiger partial charge is 0.328 e. The zero-order valence-electron chi connectivity index (χ0n) is 11.1. The Balaban J connectivity index is 2.23. The molecule has 0 unspecified atom stereocenters. The van der Waals surface area contributed by atoms with Gasteiger partial charge in [0.15, 0.2) is 0 Å². The molecule has 0 fully saturated rings. The molecule has 21 heavy (non-hydrogen) atoms. The third-order valence-corrected chi connectivity index (χ3v) is 5.41. The van der Waals surface area contributed by atoms with E-state index in [9.17, 15) is 13.2 Å². The van der Waals surface area contributed by atoms with E-state index in [-0.39, 0.29) is 4.21 Å². The summed E-state index contributed by atoms with van der Waals surface area (Å²) in [7, 11) is -3.61. The van der Waals surface area contributed by atoms with Crippen LogP contribution in [0.5, 0.6) is 0 Å². The fourth-order valence-electron chi connectivity index (χ4n) is 1.64. The summed E-state index contributed by atoms with van der Waals surface area (Å²) in [5.41, 5.74) is 0.980. The molecule has 0 saturated heterocycles. The highest BCUT2D eigenvalue weighted by molar-refractivity contribution is 7.94. The summed E-state index contributed by atoms with van der Waals surface area (Å²) in [4.78, 5) is 11.4. The maximum atomic E-state index is 12.2. The monoisotopic (exact) mass is 323 g/mol. The van der Waals surface area contributed by atoms with Crippen molar-refractivity contribution in [3.8, 4) is 0 Å². The van der Waals surface area contributed by atoms with Gasteiger partial charge in [-0.25, -0.2) is 13.2 Å². The Morgan fingerprint density at radius 3 is 2.67 bits per heavy atom. The predicted molar refractivity (Wildman–Crippen MR) is 83.0 cm³/mol. The Morgan fingerprint density at radius 2 is 2.05 bits per heavy atom. The lowest BCUT2D eigenvalue weighted by Crippen LogP contribution is -2.11. The summed E-state index contributed by atoms with van der Waals surface area (Å²) < 4.78 is 27.1. The quantitative estimate of drug-likeness (QED) is 0.829. The second-order valence-electron chi connectivity index (χ2n) is 4.27. The van der Waals surface area contributed by atoms with Gasteiger partial charge in [-0.3, -0.25) is 4.72 Å². The topological polar surface area (TPSA) is 83.5 Å². The zero-order chi connectivity index (χ0) is 15.5. The maximum absolute atomic E-state index is 12.2. The van der Waals surface area contributed by atoms with Gasteiger partial charge < -0.3 is 5.11 Å². The van der Waals surface area contributed by atoms with E-state index in [0.717, 1.165) is 11.0 Å². The van der Waals surface area contributed by atoms with Gasteiger partial charge in [-0.05, 0) is 42.8 Å². The number of nitrogens with one attached hydrogen (secondary N) is 1. The van der Waals surface area contributed by atoms with Crippen molar-refractivity contribution in [1.29, 1.82) is 0 Å². The number of carbonyl (C=O) groups is 1. The van der Waals surface area contributed by atoms with Crippen molar-refractivity contribution in [1.82, 2.24) is 0 Å². The molecule has 1 aromatic carbocycles. The van der Waals surface area contributed by atoms with Crippen molar-refractivity contribution in [2.75, 3.05) is 4.72 Å². The zero-order valence-corrected chi connectivity index (χ0v) is 12.7. The highest BCUT2D eigenvalue weighted by Gasteiger charge is 2.16. The maximum Gasteiger partial charge on any atom is 0.328 e. The molecule has 1 heterocycles. The Labute approximate surface area is 126 Å². The molecule has 0 bridgehead atoms. The summed E-state index contributed by atoms with van der Waals surface area (Å²) >= 11 is 1.19. The molecule has 0 atom stereocenters. The highest BCUT2D eigenvalue weighted by atomic mass is 32.2. The van der Waals surface area contributed by atoms with Crippen molar-refractivity contribution >= 4 is 39.1 Å². The molecule has 110 valence electrons. The molecule has 0 amide bonds. The molecule has 0 aliphatic rings.